The number of nitrogens with one attached hydrogen (secondary N) is 1. The highest BCUT2D eigenvalue weighted by Gasteiger charge is 2.00. The zero-order valence-corrected chi connectivity index (χ0v) is 11.5. The summed E-state index contributed by atoms with van der Waals surface area (Å²) in [6.45, 7) is 7.91. The fourth-order valence-corrected chi connectivity index (χ4v) is 2.06. The highest BCUT2D eigenvalue weighted by atomic mass is 32.1. The van der Waals surface area contributed by atoms with Crippen molar-refractivity contribution in [2.24, 2.45) is 0 Å². The van der Waals surface area contributed by atoms with Crippen LogP contribution in [0.2, 0.25) is 0 Å². The van der Waals surface area contributed by atoms with E-state index in [0.29, 0.717) is 19.8 Å². The summed E-state index contributed by atoms with van der Waals surface area (Å²) < 4.78 is 10.9. The lowest BCUT2D eigenvalue weighted by molar-refractivity contribution is 0.0405. The Morgan fingerprint density at radius 1 is 1.24 bits per heavy atom. The first kappa shape index (κ1) is 14.4. The van der Waals surface area contributed by atoms with Gasteiger partial charge in [-0.2, -0.15) is 0 Å². The molecule has 1 aromatic rings. The molecule has 0 fully saturated rings. The number of anilines is 1. The Hall–Kier alpha value is -0.650. The molecule has 1 rings (SSSR count). The SMILES string of the molecule is CCCCOCCOCc1cnc(NCC)s1. The van der Waals surface area contributed by atoms with E-state index in [-0.39, 0.29) is 0 Å². The first-order chi connectivity index (χ1) is 8.36. The maximum Gasteiger partial charge on any atom is 0.182 e. The minimum Gasteiger partial charge on any atom is -0.379 e. The summed E-state index contributed by atoms with van der Waals surface area (Å²) in [6.07, 6.45) is 4.16. The maximum absolute atomic E-state index is 5.51. The molecule has 4 nitrogen and oxygen atoms in total. The predicted octanol–water partition coefficient (Wildman–Crippen LogP) is 2.91. The van der Waals surface area contributed by atoms with E-state index in [1.807, 2.05) is 6.20 Å². The van der Waals surface area contributed by atoms with Crippen LogP contribution in [-0.2, 0) is 16.1 Å². The lowest BCUT2D eigenvalue weighted by atomic mass is 10.4. The van der Waals surface area contributed by atoms with Crippen LogP contribution in [0.15, 0.2) is 6.20 Å². The molecule has 0 radical (unpaired) electrons. The van der Waals surface area contributed by atoms with Gasteiger partial charge < -0.3 is 14.8 Å². The summed E-state index contributed by atoms with van der Waals surface area (Å²) in [5.41, 5.74) is 0. The van der Waals surface area contributed by atoms with E-state index in [4.69, 9.17) is 9.47 Å². The van der Waals surface area contributed by atoms with E-state index in [1.165, 1.54) is 6.42 Å². The van der Waals surface area contributed by atoms with Crippen LogP contribution >= 0.6 is 11.3 Å². The molecule has 0 spiro atoms. The van der Waals surface area contributed by atoms with E-state index in [1.54, 1.807) is 11.3 Å². The van der Waals surface area contributed by atoms with E-state index < -0.39 is 0 Å². The smallest absolute Gasteiger partial charge is 0.182 e. The average Bonchev–Trinajstić information content (AvgIpc) is 2.76. The summed E-state index contributed by atoms with van der Waals surface area (Å²) >= 11 is 1.64. The van der Waals surface area contributed by atoms with Crippen molar-refractivity contribution in [3.05, 3.63) is 11.1 Å². The first-order valence-electron chi connectivity index (χ1n) is 6.20. The summed E-state index contributed by atoms with van der Waals surface area (Å²) in [5.74, 6) is 0. The molecule has 0 saturated heterocycles. The largest absolute Gasteiger partial charge is 0.379 e. The van der Waals surface area contributed by atoms with Gasteiger partial charge in [0.25, 0.3) is 0 Å². The Morgan fingerprint density at radius 3 is 2.82 bits per heavy atom. The fraction of sp³-hybridized carbons (Fsp3) is 0.750. The number of ether oxygens (including phenoxy) is 2. The highest BCUT2D eigenvalue weighted by Crippen LogP contribution is 2.18. The number of aromatic nitrogens is 1. The van der Waals surface area contributed by atoms with Crippen LogP contribution in [0.3, 0.4) is 0 Å². The quantitative estimate of drug-likeness (QED) is 0.655. The van der Waals surface area contributed by atoms with Gasteiger partial charge in [0.1, 0.15) is 0 Å². The van der Waals surface area contributed by atoms with Crippen molar-refractivity contribution >= 4 is 16.5 Å². The second-order valence-corrected chi connectivity index (χ2v) is 4.80. The second kappa shape index (κ2) is 9.39. The summed E-state index contributed by atoms with van der Waals surface area (Å²) in [5, 5.41) is 4.14. The van der Waals surface area contributed by atoms with Gasteiger partial charge in [0.2, 0.25) is 0 Å². The molecule has 1 aromatic heterocycles. The zero-order valence-electron chi connectivity index (χ0n) is 10.7. The number of unbranched alkanes of at least 4 members (excludes halogenated alkanes) is 1. The Labute approximate surface area is 107 Å². The van der Waals surface area contributed by atoms with Crippen LogP contribution in [0.4, 0.5) is 5.13 Å². The van der Waals surface area contributed by atoms with Crippen LogP contribution in [0.25, 0.3) is 0 Å². The van der Waals surface area contributed by atoms with Crippen LogP contribution in [-0.4, -0.2) is 31.3 Å². The minimum atomic E-state index is 0.625. The fourth-order valence-electron chi connectivity index (χ4n) is 1.25. The molecule has 0 aliphatic carbocycles. The van der Waals surface area contributed by atoms with Gasteiger partial charge in [-0.25, -0.2) is 4.98 Å². The summed E-state index contributed by atoms with van der Waals surface area (Å²) in [6, 6.07) is 0. The second-order valence-electron chi connectivity index (χ2n) is 3.68. The van der Waals surface area contributed by atoms with Gasteiger partial charge >= 0.3 is 0 Å². The van der Waals surface area contributed by atoms with Gasteiger partial charge in [0.05, 0.1) is 24.7 Å². The summed E-state index contributed by atoms with van der Waals surface area (Å²) in [7, 11) is 0. The normalized spacial score (nSPS) is 10.7. The van der Waals surface area contributed by atoms with Gasteiger partial charge in [-0.1, -0.05) is 24.7 Å². The number of nitrogens with zero attached hydrogens (tertiary/aromatic N) is 1. The zero-order chi connectivity index (χ0) is 12.3. The molecule has 0 aromatic carbocycles. The molecular weight excluding hydrogens is 236 g/mol. The topological polar surface area (TPSA) is 43.4 Å². The third-order valence-corrected chi connectivity index (χ3v) is 3.07. The monoisotopic (exact) mass is 258 g/mol. The molecule has 17 heavy (non-hydrogen) atoms. The molecule has 0 aliphatic heterocycles. The molecule has 0 bridgehead atoms. The van der Waals surface area contributed by atoms with Crippen molar-refractivity contribution < 1.29 is 9.47 Å². The Kier molecular flexibility index (Phi) is 7.96. The van der Waals surface area contributed by atoms with Crippen molar-refractivity contribution in [3.8, 4) is 0 Å². The van der Waals surface area contributed by atoms with Gasteiger partial charge in [-0.3, -0.25) is 0 Å². The Balaban J connectivity index is 2.01. The minimum absolute atomic E-state index is 0.625. The standard InChI is InChI=1S/C12H22N2O2S/c1-3-5-6-15-7-8-16-10-11-9-14-12(17-11)13-4-2/h9H,3-8,10H2,1-2H3,(H,13,14). The molecule has 0 atom stereocenters. The number of hydrogen-bond donors (Lipinski definition) is 1. The van der Waals surface area contributed by atoms with Crippen molar-refractivity contribution in [2.75, 3.05) is 31.7 Å². The Morgan fingerprint density at radius 2 is 2.06 bits per heavy atom. The third kappa shape index (κ3) is 6.61. The molecule has 98 valence electrons. The molecule has 1 N–H and O–H groups in total. The maximum atomic E-state index is 5.51. The predicted molar refractivity (Wildman–Crippen MR) is 71.7 cm³/mol. The van der Waals surface area contributed by atoms with Gasteiger partial charge in [0.15, 0.2) is 5.13 Å². The van der Waals surface area contributed by atoms with Crippen molar-refractivity contribution in [1.29, 1.82) is 0 Å². The van der Waals surface area contributed by atoms with Crippen LogP contribution in [0.1, 0.15) is 31.6 Å². The highest BCUT2D eigenvalue weighted by molar-refractivity contribution is 7.15. The van der Waals surface area contributed by atoms with E-state index in [9.17, 15) is 0 Å². The molecule has 5 heteroatoms. The van der Waals surface area contributed by atoms with E-state index in [2.05, 4.69) is 24.1 Å². The van der Waals surface area contributed by atoms with Crippen molar-refractivity contribution in [3.63, 3.8) is 0 Å². The number of rotatable bonds is 10. The molecule has 0 saturated carbocycles. The van der Waals surface area contributed by atoms with E-state index >= 15 is 0 Å². The first-order valence-corrected chi connectivity index (χ1v) is 7.02. The molecular formula is C12H22N2O2S. The van der Waals surface area contributed by atoms with Gasteiger partial charge in [-0.05, 0) is 13.3 Å². The molecule has 0 aliphatic rings. The lowest BCUT2D eigenvalue weighted by Gasteiger charge is -2.03. The number of hydrogen-bond acceptors (Lipinski definition) is 5. The lowest BCUT2D eigenvalue weighted by Crippen LogP contribution is -2.04. The Bertz CT molecular complexity index is 292. The van der Waals surface area contributed by atoms with Crippen molar-refractivity contribution in [1.82, 2.24) is 4.98 Å². The summed E-state index contributed by atoms with van der Waals surface area (Å²) in [4.78, 5) is 5.39. The van der Waals surface area contributed by atoms with Crippen LogP contribution < -0.4 is 5.32 Å². The van der Waals surface area contributed by atoms with Crippen LogP contribution in [0, 0.1) is 0 Å². The third-order valence-electron chi connectivity index (χ3n) is 2.14. The molecule has 1 heterocycles. The van der Waals surface area contributed by atoms with E-state index in [0.717, 1.165) is 29.6 Å². The van der Waals surface area contributed by atoms with Gasteiger partial charge in [0, 0.05) is 19.3 Å². The molecule has 0 unspecified atom stereocenters. The molecule has 0 amide bonds. The van der Waals surface area contributed by atoms with Gasteiger partial charge in [-0.15, -0.1) is 0 Å². The number of thiazole rings is 1. The van der Waals surface area contributed by atoms with Crippen molar-refractivity contribution in [2.45, 2.75) is 33.3 Å². The average molecular weight is 258 g/mol. The van der Waals surface area contributed by atoms with Crippen LogP contribution in [0.5, 0.6) is 0 Å².